The Bertz CT molecular complexity index is 1220. The van der Waals surface area contributed by atoms with Gasteiger partial charge in [-0.2, -0.15) is 4.31 Å². The van der Waals surface area contributed by atoms with E-state index in [4.69, 9.17) is 16.3 Å². The van der Waals surface area contributed by atoms with Crippen LogP contribution < -0.4 is 16.0 Å². The van der Waals surface area contributed by atoms with Crippen molar-refractivity contribution in [3.8, 4) is 0 Å². The molecule has 3 N–H and O–H groups in total. The fourth-order valence-electron chi connectivity index (χ4n) is 5.48. The third kappa shape index (κ3) is 8.14. The van der Waals surface area contributed by atoms with Crippen molar-refractivity contribution in [2.75, 3.05) is 37.9 Å². The first-order chi connectivity index (χ1) is 18.6. The number of sulfonamides is 1. The zero-order valence-corrected chi connectivity index (χ0v) is 24.0. The molecule has 1 amide bonds. The molecular formula is C28H38ClFN4O4S. The van der Waals surface area contributed by atoms with E-state index in [2.05, 4.69) is 16.0 Å². The number of carbonyl (C=O) groups excluding carboxylic acids is 1. The number of rotatable bonds is 10. The standard InChI is InChI=1S/C28H38ClFN4O4S/c1-19-17-31-18-23(34(19)39(2,36)37)10-11-24-25(30)4-3-5-26(24)33-27(16-20-6-8-21(29)9-7-20)28(35)32-22-12-14-38-15-13-22/h3-9,19,22-23,27,31,33H,10-18H2,1-2H3,(H,32,35)/t19-,23+,27+/m1/s1. The Labute approximate surface area is 235 Å². The van der Waals surface area contributed by atoms with Crippen molar-refractivity contribution >= 4 is 33.2 Å². The highest BCUT2D eigenvalue weighted by molar-refractivity contribution is 7.88. The SMILES string of the molecule is C[C@@H]1CNC[C@H](CCc2c(F)cccc2N[C@@H](Cc2ccc(Cl)cc2)C(=O)NC2CCOCC2)N1S(C)(=O)=O. The van der Waals surface area contributed by atoms with E-state index in [-0.39, 0.29) is 24.0 Å². The van der Waals surface area contributed by atoms with Crippen molar-refractivity contribution in [3.05, 3.63) is 64.4 Å². The molecule has 3 atom stereocenters. The van der Waals surface area contributed by atoms with Crippen molar-refractivity contribution < 1.29 is 22.3 Å². The predicted molar refractivity (Wildman–Crippen MR) is 152 cm³/mol. The highest BCUT2D eigenvalue weighted by Crippen LogP contribution is 2.26. The van der Waals surface area contributed by atoms with Gasteiger partial charge in [0.05, 0.1) is 6.26 Å². The molecule has 0 aromatic heterocycles. The second-order valence-corrected chi connectivity index (χ2v) is 12.8. The molecule has 0 radical (unpaired) electrons. The maximum atomic E-state index is 15.2. The number of piperazine rings is 1. The van der Waals surface area contributed by atoms with Crippen LogP contribution in [0.4, 0.5) is 10.1 Å². The summed E-state index contributed by atoms with van der Waals surface area (Å²) in [6.07, 6.45) is 3.85. The molecule has 4 rings (SSSR count). The highest BCUT2D eigenvalue weighted by Gasteiger charge is 2.34. The molecule has 0 spiro atoms. The lowest BCUT2D eigenvalue weighted by molar-refractivity contribution is -0.123. The van der Waals surface area contributed by atoms with Crippen LogP contribution in [0.5, 0.6) is 0 Å². The summed E-state index contributed by atoms with van der Waals surface area (Å²) in [5.41, 5.74) is 1.88. The van der Waals surface area contributed by atoms with Gasteiger partial charge in [0.25, 0.3) is 0 Å². The van der Waals surface area contributed by atoms with Gasteiger partial charge in [0.15, 0.2) is 0 Å². The number of hydrogen-bond donors (Lipinski definition) is 3. The Hall–Kier alpha value is -2.24. The van der Waals surface area contributed by atoms with Crippen molar-refractivity contribution in [1.29, 1.82) is 0 Å². The number of nitrogens with one attached hydrogen (secondary N) is 3. The Balaban J connectivity index is 1.54. The van der Waals surface area contributed by atoms with Gasteiger partial charge in [0.1, 0.15) is 11.9 Å². The molecule has 0 unspecified atom stereocenters. The maximum Gasteiger partial charge on any atom is 0.243 e. The summed E-state index contributed by atoms with van der Waals surface area (Å²) in [5.74, 6) is -0.557. The van der Waals surface area contributed by atoms with Crippen molar-refractivity contribution in [2.24, 2.45) is 0 Å². The highest BCUT2D eigenvalue weighted by atomic mass is 35.5. The van der Waals surface area contributed by atoms with Gasteiger partial charge in [-0.1, -0.05) is 29.8 Å². The first-order valence-corrected chi connectivity index (χ1v) is 15.7. The monoisotopic (exact) mass is 580 g/mol. The van der Waals surface area contributed by atoms with Crippen molar-refractivity contribution in [3.63, 3.8) is 0 Å². The number of halogens is 2. The van der Waals surface area contributed by atoms with Gasteiger partial charge in [-0.3, -0.25) is 4.79 Å². The largest absolute Gasteiger partial charge is 0.381 e. The molecule has 2 aromatic rings. The van der Waals surface area contributed by atoms with Gasteiger partial charge >= 0.3 is 0 Å². The molecule has 214 valence electrons. The number of anilines is 1. The van der Waals surface area contributed by atoms with Crippen LogP contribution in [-0.4, -0.2) is 75.4 Å². The van der Waals surface area contributed by atoms with Gasteiger partial charge < -0.3 is 20.7 Å². The molecular weight excluding hydrogens is 543 g/mol. The van der Waals surface area contributed by atoms with E-state index in [0.717, 1.165) is 18.4 Å². The number of hydrogen-bond acceptors (Lipinski definition) is 6. The Morgan fingerprint density at radius 2 is 1.90 bits per heavy atom. The number of ether oxygens (including phenoxy) is 1. The van der Waals surface area contributed by atoms with Crippen molar-refractivity contribution in [2.45, 2.75) is 63.2 Å². The molecule has 0 saturated carbocycles. The van der Waals surface area contributed by atoms with Gasteiger partial charge in [-0.15, -0.1) is 0 Å². The average molecular weight is 581 g/mol. The summed E-state index contributed by atoms with van der Waals surface area (Å²) in [7, 11) is -3.42. The number of carbonyl (C=O) groups is 1. The third-order valence-corrected chi connectivity index (χ3v) is 9.09. The third-order valence-electron chi connectivity index (χ3n) is 7.41. The van der Waals surface area contributed by atoms with Crippen LogP contribution in [0.25, 0.3) is 0 Å². The summed E-state index contributed by atoms with van der Waals surface area (Å²) < 4.78 is 47.1. The molecule has 2 aliphatic heterocycles. The molecule has 8 nitrogen and oxygen atoms in total. The zero-order valence-electron chi connectivity index (χ0n) is 22.5. The lowest BCUT2D eigenvalue weighted by atomic mass is 9.99. The fraction of sp³-hybridized carbons (Fsp3) is 0.536. The Morgan fingerprint density at radius 3 is 2.59 bits per heavy atom. The number of benzene rings is 2. The van der Waals surface area contributed by atoms with E-state index < -0.39 is 21.9 Å². The van der Waals surface area contributed by atoms with Crippen LogP contribution in [0.2, 0.25) is 5.02 Å². The van der Waals surface area contributed by atoms with E-state index in [1.165, 1.54) is 16.6 Å². The molecule has 39 heavy (non-hydrogen) atoms. The maximum absolute atomic E-state index is 15.2. The van der Waals surface area contributed by atoms with Crippen LogP contribution in [0.1, 0.15) is 37.3 Å². The fourth-order valence-corrected chi connectivity index (χ4v) is 7.06. The van der Waals surface area contributed by atoms with Crippen LogP contribution in [-0.2, 0) is 32.4 Å². The van der Waals surface area contributed by atoms with Crippen LogP contribution in [0, 0.1) is 5.82 Å². The van der Waals surface area contributed by atoms with Crippen LogP contribution in [0.3, 0.4) is 0 Å². The van der Waals surface area contributed by atoms with E-state index in [0.29, 0.717) is 61.8 Å². The Morgan fingerprint density at radius 1 is 1.18 bits per heavy atom. The lowest BCUT2D eigenvalue weighted by Crippen LogP contribution is -2.58. The van der Waals surface area contributed by atoms with Crippen LogP contribution in [0.15, 0.2) is 42.5 Å². The van der Waals surface area contributed by atoms with E-state index in [1.807, 2.05) is 19.1 Å². The molecule has 2 fully saturated rings. The predicted octanol–water partition coefficient (Wildman–Crippen LogP) is 3.35. The minimum absolute atomic E-state index is 0.0236. The number of nitrogens with zero attached hydrogens (tertiary/aromatic N) is 1. The van der Waals surface area contributed by atoms with E-state index in [1.54, 1.807) is 24.3 Å². The van der Waals surface area contributed by atoms with E-state index in [9.17, 15) is 13.2 Å². The van der Waals surface area contributed by atoms with Gasteiger partial charge in [-0.05, 0) is 62.4 Å². The quantitative estimate of drug-likeness (QED) is 0.399. The first-order valence-electron chi connectivity index (χ1n) is 13.5. The molecule has 2 aliphatic rings. The van der Waals surface area contributed by atoms with E-state index >= 15 is 4.39 Å². The van der Waals surface area contributed by atoms with Crippen LogP contribution >= 0.6 is 11.6 Å². The summed E-state index contributed by atoms with van der Waals surface area (Å²) in [4.78, 5) is 13.5. The minimum Gasteiger partial charge on any atom is -0.381 e. The second kappa shape index (κ2) is 13.4. The van der Waals surface area contributed by atoms with Gasteiger partial charge in [-0.25, -0.2) is 12.8 Å². The topological polar surface area (TPSA) is 99.8 Å². The second-order valence-electron chi connectivity index (χ2n) is 10.5. The smallest absolute Gasteiger partial charge is 0.243 e. The summed E-state index contributed by atoms with van der Waals surface area (Å²) >= 11 is 6.06. The first kappa shape index (κ1) is 29.7. The average Bonchev–Trinajstić information content (AvgIpc) is 2.89. The zero-order chi connectivity index (χ0) is 28.0. The van der Waals surface area contributed by atoms with Gasteiger partial charge in [0.2, 0.25) is 15.9 Å². The molecule has 0 aliphatic carbocycles. The summed E-state index contributed by atoms with van der Waals surface area (Å²) in [6.45, 7) is 4.15. The normalized spacial score (nSPS) is 21.8. The molecule has 2 saturated heterocycles. The molecule has 0 bridgehead atoms. The minimum atomic E-state index is -3.42. The number of amides is 1. The van der Waals surface area contributed by atoms with Crippen molar-refractivity contribution in [1.82, 2.24) is 14.9 Å². The lowest BCUT2D eigenvalue weighted by Gasteiger charge is -2.39. The summed E-state index contributed by atoms with van der Waals surface area (Å²) in [6, 6.07) is 11.0. The summed E-state index contributed by atoms with van der Waals surface area (Å²) in [5, 5.41) is 10.3. The molecule has 2 heterocycles. The molecule has 11 heteroatoms. The van der Waals surface area contributed by atoms with Gasteiger partial charge in [0, 0.05) is 67.1 Å². The molecule has 2 aromatic carbocycles. The Kier molecular flexibility index (Phi) is 10.2.